The Balaban J connectivity index is 1.77. The maximum Gasteiger partial charge on any atom is 0.0555 e. The number of nitrogens with zero attached hydrogens (tertiary/aromatic N) is 2. The summed E-state index contributed by atoms with van der Waals surface area (Å²) in [5.74, 6) is 0. The lowest BCUT2D eigenvalue weighted by molar-refractivity contribution is 0.218. The lowest BCUT2D eigenvalue weighted by atomic mass is 10.0. The number of piperidine rings is 1. The van der Waals surface area contributed by atoms with Gasteiger partial charge < -0.3 is 9.80 Å². The van der Waals surface area contributed by atoms with Gasteiger partial charge in [-0.15, -0.1) is 0 Å². The first-order valence-corrected chi connectivity index (χ1v) is 9.06. The largest absolute Gasteiger partial charge is 0.335 e. The third-order valence-electron chi connectivity index (χ3n) is 4.76. The molecule has 0 spiro atoms. The molecule has 1 atom stereocenters. The van der Waals surface area contributed by atoms with E-state index in [0.717, 1.165) is 6.54 Å². The van der Waals surface area contributed by atoms with Gasteiger partial charge in [0, 0.05) is 22.4 Å². The van der Waals surface area contributed by atoms with E-state index in [2.05, 4.69) is 65.3 Å². The molecule has 0 amide bonds. The van der Waals surface area contributed by atoms with E-state index in [9.17, 15) is 0 Å². The van der Waals surface area contributed by atoms with Crippen LogP contribution in [0.15, 0.2) is 58.3 Å². The van der Waals surface area contributed by atoms with Crippen molar-refractivity contribution in [2.75, 3.05) is 24.5 Å². The average molecular weight is 310 g/mol. The van der Waals surface area contributed by atoms with E-state index in [1.54, 1.807) is 0 Å². The van der Waals surface area contributed by atoms with Crippen LogP contribution in [0.2, 0.25) is 0 Å². The Bertz CT molecular complexity index is 624. The zero-order chi connectivity index (χ0) is 14.9. The van der Waals surface area contributed by atoms with Gasteiger partial charge in [-0.25, -0.2) is 0 Å². The summed E-state index contributed by atoms with van der Waals surface area (Å²) in [7, 11) is 0. The standard InChI is InChI=1S/C19H22N2S/c1-2-20-13-7-8-15(14-20)21-16-9-3-5-11-18(16)22-19-12-6-4-10-17(19)21/h3-6,9-12,15H,2,7-8,13-14H2,1H3/t15-/m1/s1. The van der Waals surface area contributed by atoms with Gasteiger partial charge in [-0.2, -0.15) is 0 Å². The molecule has 1 saturated heterocycles. The summed E-state index contributed by atoms with van der Waals surface area (Å²) < 4.78 is 0. The van der Waals surface area contributed by atoms with Crippen molar-refractivity contribution in [2.24, 2.45) is 0 Å². The molecule has 0 saturated carbocycles. The van der Waals surface area contributed by atoms with Crippen LogP contribution in [0, 0.1) is 0 Å². The Morgan fingerprint density at radius 1 is 1.00 bits per heavy atom. The molecule has 2 aliphatic heterocycles. The zero-order valence-electron chi connectivity index (χ0n) is 13.0. The number of hydrogen-bond acceptors (Lipinski definition) is 3. The summed E-state index contributed by atoms with van der Waals surface area (Å²) in [5, 5.41) is 0. The SMILES string of the molecule is CCN1CCC[C@@H](N2c3ccccc3Sc3ccccc32)C1. The van der Waals surface area contributed by atoms with Gasteiger partial charge in [0.15, 0.2) is 0 Å². The summed E-state index contributed by atoms with van der Waals surface area (Å²) in [4.78, 5) is 7.95. The predicted molar refractivity (Wildman–Crippen MR) is 94.3 cm³/mol. The Morgan fingerprint density at radius 3 is 2.27 bits per heavy atom. The number of rotatable bonds is 2. The predicted octanol–water partition coefficient (Wildman–Crippen LogP) is 4.77. The van der Waals surface area contributed by atoms with E-state index in [1.807, 2.05) is 11.8 Å². The van der Waals surface area contributed by atoms with Crippen LogP contribution in [0.1, 0.15) is 19.8 Å². The Kier molecular flexibility index (Phi) is 3.85. The van der Waals surface area contributed by atoms with E-state index in [0.29, 0.717) is 6.04 Å². The molecule has 1 fully saturated rings. The highest BCUT2D eigenvalue weighted by Crippen LogP contribution is 2.49. The zero-order valence-corrected chi connectivity index (χ0v) is 13.9. The smallest absolute Gasteiger partial charge is 0.0555 e. The van der Waals surface area contributed by atoms with E-state index >= 15 is 0 Å². The van der Waals surface area contributed by atoms with Crippen molar-refractivity contribution in [3.8, 4) is 0 Å². The third-order valence-corrected chi connectivity index (χ3v) is 5.89. The summed E-state index contributed by atoms with van der Waals surface area (Å²) in [6, 6.07) is 18.3. The van der Waals surface area contributed by atoms with Gasteiger partial charge >= 0.3 is 0 Å². The highest BCUT2D eigenvalue weighted by molar-refractivity contribution is 7.99. The topological polar surface area (TPSA) is 6.48 Å². The van der Waals surface area contributed by atoms with Crippen LogP contribution >= 0.6 is 11.8 Å². The molecule has 4 rings (SSSR count). The molecular formula is C19H22N2S. The normalized spacial score (nSPS) is 21.3. The van der Waals surface area contributed by atoms with Crippen molar-refractivity contribution in [1.29, 1.82) is 0 Å². The van der Waals surface area contributed by atoms with E-state index < -0.39 is 0 Å². The van der Waals surface area contributed by atoms with Gasteiger partial charge in [-0.1, -0.05) is 43.0 Å². The maximum atomic E-state index is 2.60. The average Bonchev–Trinajstić information content (AvgIpc) is 2.59. The molecule has 2 nitrogen and oxygen atoms in total. The van der Waals surface area contributed by atoms with Crippen molar-refractivity contribution in [3.05, 3.63) is 48.5 Å². The Labute approximate surface area is 137 Å². The minimum atomic E-state index is 0.580. The monoisotopic (exact) mass is 310 g/mol. The molecule has 0 N–H and O–H groups in total. The number of likely N-dealkylation sites (N-methyl/N-ethyl adjacent to an activating group) is 1. The molecular weight excluding hydrogens is 288 g/mol. The van der Waals surface area contributed by atoms with Crippen molar-refractivity contribution < 1.29 is 0 Å². The van der Waals surface area contributed by atoms with Crippen LogP contribution in [-0.4, -0.2) is 30.6 Å². The molecule has 2 heterocycles. The van der Waals surface area contributed by atoms with Crippen LogP contribution in [0.4, 0.5) is 11.4 Å². The molecule has 0 aromatic heterocycles. The first-order chi connectivity index (χ1) is 10.9. The Hall–Kier alpha value is -1.45. The quantitative estimate of drug-likeness (QED) is 0.788. The van der Waals surface area contributed by atoms with Gasteiger partial charge in [-0.05, 0) is 50.2 Å². The molecule has 3 heteroatoms. The molecule has 0 bridgehead atoms. The van der Waals surface area contributed by atoms with Crippen molar-refractivity contribution in [3.63, 3.8) is 0 Å². The molecule has 2 aromatic rings. The summed E-state index contributed by atoms with van der Waals surface area (Å²) >= 11 is 1.90. The van der Waals surface area contributed by atoms with Gasteiger partial charge in [0.05, 0.1) is 11.4 Å². The number of likely N-dealkylation sites (tertiary alicyclic amines) is 1. The second-order valence-corrected chi connectivity index (χ2v) is 7.18. The maximum absolute atomic E-state index is 2.60. The lowest BCUT2D eigenvalue weighted by Gasteiger charge is -2.43. The molecule has 2 aliphatic rings. The number of fused-ring (bicyclic) bond motifs is 2. The number of hydrogen-bond donors (Lipinski definition) is 0. The number of anilines is 2. The lowest BCUT2D eigenvalue weighted by Crippen LogP contribution is -2.46. The highest BCUT2D eigenvalue weighted by Gasteiger charge is 2.31. The summed E-state index contributed by atoms with van der Waals surface area (Å²) in [6.07, 6.45) is 2.58. The molecule has 114 valence electrons. The molecule has 22 heavy (non-hydrogen) atoms. The van der Waals surface area contributed by atoms with Gasteiger partial charge in [-0.3, -0.25) is 0 Å². The van der Waals surface area contributed by atoms with Gasteiger partial charge in [0.25, 0.3) is 0 Å². The number of para-hydroxylation sites is 2. The minimum absolute atomic E-state index is 0.580. The Morgan fingerprint density at radius 2 is 1.64 bits per heavy atom. The van der Waals surface area contributed by atoms with Gasteiger partial charge in [0.1, 0.15) is 0 Å². The second kappa shape index (κ2) is 5.98. The first-order valence-electron chi connectivity index (χ1n) is 8.24. The van der Waals surface area contributed by atoms with Crippen molar-refractivity contribution >= 4 is 23.1 Å². The fourth-order valence-electron chi connectivity index (χ4n) is 3.66. The summed E-state index contributed by atoms with van der Waals surface area (Å²) in [5.41, 5.74) is 2.77. The van der Waals surface area contributed by atoms with Gasteiger partial charge in [0.2, 0.25) is 0 Å². The second-order valence-electron chi connectivity index (χ2n) is 6.10. The van der Waals surface area contributed by atoms with Crippen LogP contribution in [0.5, 0.6) is 0 Å². The van der Waals surface area contributed by atoms with E-state index in [-0.39, 0.29) is 0 Å². The fourth-order valence-corrected chi connectivity index (χ4v) is 4.73. The third kappa shape index (κ3) is 2.42. The first kappa shape index (κ1) is 14.2. The molecule has 0 radical (unpaired) electrons. The van der Waals surface area contributed by atoms with Crippen LogP contribution in [0.3, 0.4) is 0 Å². The van der Waals surface area contributed by atoms with Crippen molar-refractivity contribution in [2.45, 2.75) is 35.6 Å². The van der Waals surface area contributed by atoms with E-state index in [4.69, 9.17) is 0 Å². The number of benzene rings is 2. The summed E-state index contributed by atoms with van der Waals surface area (Å²) in [6.45, 7) is 5.85. The van der Waals surface area contributed by atoms with Crippen molar-refractivity contribution in [1.82, 2.24) is 4.90 Å². The molecule has 2 aromatic carbocycles. The van der Waals surface area contributed by atoms with E-state index in [1.165, 1.54) is 47.1 Å². The molecule has 0 unspecified atom stereocenters. The van der Waals surface area contributed by atoms with Crippen LogP contribution in [0.25, 0.3) is 0 Å². The molecule has 0 aliphatic carbocycles. The van der Waals surface area contributed by atoms with Crippen LogP contribution in [-0.2, 0) is 0 Å². The fraction of sp³-hybridized carbons (Fsp3) is 0.368. The van der Waals surface area contributed by atoms with Crippen LogP contribution < -0.4 is 4.90 Å². The minimum Gasteiger partial charge on any atom is -0.335 e. The highest BCUT2D eigenvalue weighted by atomic mass is 32.2.